The van der Waals surface area contributed by atoms with Crippen LogP contribution in [0.2, 0.25) is 0 Å². The Bertz CT molecular complexity index is 2970. The Balaban J connectivity index is 1.05. The van der Waals surface area contributed by atoms with Gasteiger partial charge in [-0.05, 0) is 139 Å². The van der Waals surface area contributed by atoms with Crippen LogP contribution in [0.15, 0.2) is 206 Å². The molecule has 59 heavy (non-hydrogen) atoms. The quantitative estimate of drug-likeness (QED) is 0.163. The lowest BCUT2D eigenvalue weighted by Gasteiger charge is -2.31. The van der Waals surface area contributed by atoms with Crippen molar-refractivity contribution in [3.63, 3.8) is 0 Å². The lowest BCUT2D eigenvalue weighted by Crippen LogP contribution is -2.26. The van der Waals surface area contributed by atoms with Crippen LogP contribution in [0, 0.1) is 0 Å². The fraction of sp³-hybridized carbons (Fsp3) is 0.103. The number of nitrogens with zero attached hydrogens (tertiary/aromatic N) is 1. The second kappa shape index (κ2) is 13.3. The van der Waals surface area contributed by atoms with Gasteiger partial charge in [0, 0.05) is 22.5 Å². The molecule has 3 aliphatic carbocycles. The Morgan fingerprint density at radius 2 is 0.881 bits per heavy atom. The summed E-state index contributed by atoms with van der Waals surface area (Å²) in [5, 5.41) is 0. The van der Waals surface area contributed by atoms with Crippen LogP contribution in [-0.2, 0) is 10.8 Å². The Morgan fingerprint density at radius 3 is 1.51 bits per heavy atom. The van der Waals surface area contributed by atoms with Crippen LogP contribution in [0.5, 0.6) is 0 Å². The number of allylic oxidation sites excluding steroid dienone is 4. The number of hydrogen-bond donors (Lipinski definition) is 0. The Hall–Kier alpha value is -6.96. The van der Waals surface area contributed by atoms with Gasteiger partial charge < -0.3 is 4.90 Å². The molecular formula is C58H45N. The third-order valence-corrected chi connectivity index (χ3v) is 13.5. The summed E-state index contributed by atoms with van der Waals surface area (Å²) in [4.78, 5) is 2.42. The molecule has 8 aromatic rings. The summed E-state index contributed by atoms with van der Waals surface area (Å²) in [5.41, 5.74) is 24.1. The molecule has 8 aromatic carbocycles. The lowest BCUT2D eigenvalue weighted by atomic mass is 9.70. The topological polar surface area (TPSA) is 3.24 Å². The minimum absolute atomic E-state index is 0.101. The number of rotatable bonds is 6. The highest BCUT2D eigenvalue weighted by molar-refractivity contribution is 6.00. The maximum atomic E-state index is 2.42. The highest BCUT2D eigenvalue weighted by Gasteiger charge is 2.51. The van der Waals surface area contributed by atoms with E-state index in [-0.39, 0.29) is 10.8 Å². The third kappa shape index (κ3) is 5.04. The van der Waals surface area contributed by atoms with Crippen molar-refractivity contribution in [1.29, 1.82) is 0 Å². The summed E-state index contributed by atoms with van der Waals surface area (Å²) in [6, 6.07) is 69.9. The van der Waals surface area contributed by atoms with Gasteiger partial charge in [-0.15, -0.1) is 0 Å². The summed E-state index contributed by atoms with van der Waals surface area (Å²) < 4.78 is 0. The van der Waals surface area contributed by atoms with E-state index in [1.807, 2.05) is 0 Å². The van der Waals surface area contributed by atoms with E-state index < -0.39 is 0 Å². The standard InChI is InChI=1S/C58H45N/c1-5-16-45-38(2)58(52-24-13-10-20-48(52)49-21-11-14-25-53(49)58)54-26-15-22-46(56(45)54)41-29-33-43(34-30-41)59(42-31-27-40(28-32-42)39-17-7-6-8-18-39)44-35-36-50-47-19-9-12-23-51(47)57(3,4)55(50)37-44/h5-37H,1-4H3/b16-5-. The number of hydrogen-bond acceptors (Lipinski definition) is 1. The van der Waals surface area contributed by atoms with Crippen LogP contribution < -0.4 is 4.90 Å². The van der Waals surface area contributed by atoms with Crippen molar-refractivity contribution in [3.8, 4) is 44.5 Å². The molecular weight excluding hydrogens is 711 g/mol. The second-order valence-corrected chi connectivity index (χ2v) is 16.8. The van der Waals surface area contributed by atoms with Gasteiger partial charge in [0.15, 0.2) is 0 Å². The molecule has 0 saturated heterocycles. The van der Waals surface area contributed by atoms with Crippen LogP contribution in [0.4, 0.5) is 17.1 Å². The van der Waals surface area contributed by atoms with Crippen molar-refractivity contribution in [1.82, 2.24) is 0 Å². The largest absolute Gasteiger partial charge is 0.310 e. The zero-order valence-corrected chi connectivity index (χ0v) is 34.0. The molecule has 0 atom stereocenters. The molecule has 0 bridgehead atoms. The van der Waals surface area contributed by atoms with E-state index >= 15 is 0 Å². The number of benzene rings is 8. The third-order valence-electron chi connectivity index (χ3n) is 13.5. The fourth-order valence-corrected chi connectivity index (χ4v) is 10.8. The van der Waals surface area contributed by atoms with Crippen LogP contribution in [-0.4, -0.2) is 0 Å². The van der Waals surface area contributed by atoms with E-state index in [9.17, 15) is 0 Å². The molecule has 0 heterocycles. The molecule has 1 nitrogen and oxygen atoms in total. The van der Waals surface area contributed by atoms with Crippen LogP contribution >= 0.6 is 0 Å². The van der Waals surface area contributed by atoms with Gasteiger partial charge in [-0.1, -0.05) is 178 Å². The molecule has 0 fully saturated rings. The molecule has 11 rings (SSSR count). The van der Waals surface area contributed by atoms with Crippen molar-refractivity contribution in [3.05, 3.63) is 239 Å². The van der Waals surface area contributed by atoms with Crippen LogP contribution in [0.25, 0.3) is 50.1 Å². The highest BCUT2D eigenvalue weighted by Crippen LogP contribution is 2.63. The first-order valence-electron chi connectivity index (χ1n) is 20.9. The van der Waals surface area contributed by atoms with Gasteiger partial charge in [0.1, 0.15) is 0 Å². The maximum Gasteiger partial charge on any atom is 0.0685 e. The first-order valence-corrected chi connectivity index (χ1v) is 20.9. The predicted octanol–water partition coefficient (Wildman–Crippen LogP) is 15.5. The van der Waals surface area contributed by atoms with Gasteiger partial charge in [-0.2, -0.15) is 0 Å². The van der Waals surface area contributed by atoms with Gasteiger partial charge in [0.05, 0.1) is 5.41 Å². The number of fused-ring (bicyclic) bond motifs is 10. The van der Waals surface area contributed by atoms with Crippen molar-refractivity contribution >= 4 is 22.6 Å². The second-order valence-electron chi connectivity index (χ2n) is 16.8. The average Bonchev–Trinajstić information content (AvgIpc) is 3.82. The first kappa shape index (κ1) is 35.2. The van der Waals surface area contributed by atoms with Crippen molar-refractivity contribution in [2.75, 3.05) is 4.90 Å². The van der Waals surface area contributed by atoms with E-state index in [1.54, 1.807) is 0 Å². The summed E-state index contributed by atoms with van der Waals surface area (Å²) in [6.07, 6.45) is 4.53. The smallest absolute Gasteiger partial charge is 0.0685 e. The Morgan fingerprint density at radius 1 is 0.407 bits per heavy atom. The molecule has 1 heteroatoms. The summed E-state index contributed by atoms with van der Waals surface area (Å²) in [7, 11) is 0. The van der Waals surface area contributed by atoms with Gasteiger partial charge >= 0.3 is 0 Å². The van der Waals surface area contributed by atoms with Gasteiger partial charge in [-0.25, -0.2) is 0 Å². The molecule has 3 aliphatic rings. The maximum absolute atomic E-state index is 2.42. The normalized spacial score (nSPS) is 14.9. The minimum atomic E-state index is -0.336. The number of anilines is 3. The zero-order chi connectivity index (χ0) is 39.9. The van der Waals surface area contributed by atoms with E-state index in [1.165, 1.54) is 89.0 Å². The van der Waals surface area contributed by atoms with E-state index in [0.29, 0.717) is 0 Å². The predicted molar refractivity (Wildman–Crippen MR) is 249 cm³/mol. The average molecular weight is 756 g/mol. The molecule has 0 radical (unpaired) electrons. The molecule has 0 unspecified atom stereocenters. The molecule has 0 aromatic heterocycles. The zero-order valence-electron chi connectivity index (χ0n) is 34.0. The summed E-state index contributed by atoms with van der Waals surface area (Å²) >= 11 is 0. The monoisotopic (exact) mass is 755 g/mol. The van der Waals surface area contributed by atoms with E-state index in [4.69, 9.17) is 0 Å². The SMILES string of the molecule is C/C=C\C1=C(C)C2(c3ccccc3-c3ccccc32)c2cccc(-c3ccc(N(c4ccc(-c5ccccc5)cc4)c4ccc5c(c4)C(C)(C)c4ccccc4-5)cc3)c21. The van der Waals surface area contributed by atoms with Crippen molar-refractivity contribution in [2.45, 2.75) is 38.5 Å². The van der Waals surface area contributed by atoms with Crippen molar-refractivity contribution < 1.29 is 0 Å². The minimum Gasteiger partial charge on any atom is -0.310 e. The molecule has 1 spiro atoms. The van der Waals surface area contributed by atoms with Crippen molar-refractivity contribution in [2.24, 2.45) is 0 Å². The van der Waals surface area contributed by atoms with E-state index in [0.717, 1.165) is 17.1 Å². The fourth-order valence-electron chi connectivity index (χ4n) is 10.8. The Labute approximate surface area is 348 Å². The Kier molecular flexibility index (Phi) is 7.94. The first-order chi connectivity index (χ1) is 28.9. The molecule has 0 aliphatic heterocycles. The van der Waals surface area contributed by atoms with Gasteiger partial charge in [0.2, 0.25) is 0 Å². The van der Waals surface area contributed by atoms with Crippen LogP contribution in [0.3, 0.4) is 0 Å². The molecule has 0 N–H and O–H groups in total. The van der Waals surface area contributed by atoms with Gasteiger partial charge in [-0.3, -0.25) is 0 Å². The lowest BCUT2D eigenvalue weighted by molar-refractivity contribution is 0.660. The van der Waals surface area contributed by atoms with Gasteiger partial charge in [0.25, 0.3) is 0 Å². The molecule has 0 saturated carbocycles. The highest BCUT2D eigenvalue weighted by atomic mass is 15.1. The van der Waals surface area contributed by atoms with E-state index in [2.05, 4.69) is 233 Å². The molecule has 282 valence electrons. The summed E-state index contributed by atoms with van der Waals surface area (Å²) in [6.45, 7) is 9.22. The molecule has 0 amide bonds. The van der Waals surface area contributed by atoms with Crippen LogP contribution in [0.1, 0.15) is 61.1 Å². The summed E-state index contributed by atoms with van der Waals surface area (Å²) in [5.74, 6) is 0.